The van der Waals surface area contributed by atoms with Crippen LogP contribution in [0.2, 0.25) is 0 Å². The monoisotopic (exact) mass is 481 g/mol. The SMILES string of the molecule is Cc1ccc(-c2ccccc2)c(O)c1C=NC1CCCC(C)C1C.[Cl][Zr][Cl]. The molecule has 1 fully saturated rings. The minimum absolute atomic E-state index is 0.335. The number of benzene rings is 2. The number of phenolic OH excluding ortho intramolecular Hbond substituents is 1. The molecule has 0 amide bonds. The molecule has 2 aromatic carbocycles. The summed E-state index contributed by atoms with van der Waals surface area (Å²) in [6.07, 6.45) is 5.61. The number of rotatable bonds is 3. The Balaban J connectivity index is 0.000000817. The standard InChI is InChI=1S/C22H27NO.2ClH.Zr/c1-15-8-7-11-21(17(15)3)23-14-20-16(2)12-13-19(22(20)24)18-9-5-4-6-10-18;;;/h4-6,9-10,12-15,17,21,24H,7-8,11H2,1-3H3;2*1H;/q;;;+2/p-2. The fraction of sp³-hybridized carbons (Fsp3) is 0.409. The van der Waals surface area contributed by atoms with Crippen molar-refractivity contribution in [2.45, 2.75) is 46.1 Å². The number of aliphatic imine (C=N–C) groups is 1. The Morgan fingerprint density at radius 2 is 1.74 bits per heavy atom. The number of nitrogens with zero attached hydrogens (tertiary/aromatic N) is 1. The summed E-state index contributed by atoms with van der Waals surface area (Å²) in [7, 11) is 9.87. The van der Waals surface area contributed by atoms with Crippen LogP contribution in [0.4, 0.5) is 0 Å². The maximum atomic E-state index is 10.8. The van der Waals surface area contributed by atoms with Gasteiger partial charge in [-0.1, -0.05) is 69.2 Å². The van der Waals surface area contributed by atoms with Gasteiger partial charge >= 0.3 is 37.9 Å². The molecule has 0 spiro atoms. The number of phenols is 1. The molecule has 1 aliphatic rings. The Hall–Kier alpha value is -0.627. The van der Waals surface area contributed by atoms with Crippen LogP contribution in [0, 0.1) is 18.8 Å². The molecule has 1 N–H and O–H groups in total. The van der Waals surface area contributed by atoms with Crippen LogP contribution in [-0.2, 0) is 20.8 Å². The summed E-state index contributed by atoms with van der Waals surface area (Å²) in [5.41, 5.74) is 3.81. The van der Waals surface area contributed by atoms with Gasteiger partial charge in [-0.05, 0) is 36.3 Å². The van der Waals surface area contributed by atoms with E-state index in [-0.39, 0.29) is 0 Å². The molecule has 0 heterocycles. The van der Waals surface area contributed by atoms with Gasteiger partial charge in [-0.15, -0.1) is 0 Å². The summed E-state index contributed by atoms with van der Waals surface area (Å²) in [6.45, 7) is 6.66. The average Bonchev–Trinajstić information content (AvgIpc) is 2.66. The molecule has 1 saturated carbocycles. The summed E-state index contributed by atoms with van der Waals surface area (Å²) in [5.74, 6) is 1.67. The zero-order valence-electron chi connectivity index (χ0n) is 16.1. The van der Waals surface area contributed by atoms with Crippen molar-refractivity contribution < 1.29 is 26.0 Å². The number of hydrogen-bond acceptors (Lipinski definition) is 2. The van der Waals surface area contributed by atoms with E-state index in [1.165, 1.54) is 12.8 Å². The summed E-state index contributed by atoms with van der Waals surface area (Å²) in [6, 6.07) is 14.4. The van der Waals surface area contributed by atoms with E-state index in [4.69, 9.17) is 22.0 Å². The molecule has 0 aromatic heterocycles. The molecule has 3 unspecified atom stereocenters. The van der Waals surface area contributed by atoms with E-state index in [0.717, 1.165) is 34.6 Å². The molecule has 3 rings (SSSR count). The van der Waals surface area contributed by atoms with Gasteiger partial charge in [-0.3, -0.25) is 4.99 Å². The van der Waals surface area contributed by atoms with Crippen LogP contribution in [0.5, 0.6) is 5.75 Å². The zero-order valence-corrected chi connectivity index (χ0v) is 20.1. The predicted octanol–water partition coefficient (Wildman–Crippen LogP) is 6.99. The van der Waals surface area contributed by atoms with E-state index < -0.39 is 20.8 Å². The summed E-state index contributed by atoms with van der Waals surface area (Å²) >= 11 is -0.826. The van der Waals surface area contributed by atoms with Gasteiger partial charge in [0.2, 0.25) is 0 Å². The molecule has 0 saturated heterocycles. The van der Waals surface area contributed by atoms with E-state index in [2.05, 4.69) is 19.9 Å². The number of aryl methyl sites for hydroxylation is 1. The van der Waals surface area contributed by atoms with Crippen molar-refractivity contribution in [2.24, 2.45) is 16.8 Å². The van der Waals surface area contributed by atoms with E-state index >= 15 is 0 Å². The minimum atomic E-state index is -0.826. The molecule has 5 heteroatoms. The quantitative estimate of drug-likeness (QED) is 0.469. The Morgan fingerprint density at radius 1 is 1.07 bits per heavy atom. The molecule has 144 valence electrons. The summed E-state index contributed by atoms with van der Waals surface area (Å²) in [4.78, 5) is 4.86. The van der Waals surface area contributed by atoms with Gasteiger partial charge in [0.1, 0.15) is 5.75 Å². The van der Waals surface area contributed by atoms with Gasteiger partial charge in [-0.25, -0.2) is 0 Å². The third kappa shape index (κ3) is 6.18. The summed E-state index contributed by atoms with van der Waals surface area (Å²) < 4.78 is 0. The molecule has 2 nitrogen and oxygen atoms in total. The van der Waals surface area contributed by atoms with Crippen LogP contribution in [0.15, 0.2) is 47.5 Å². The second-order valence-electron chi connectivity index (χ2n) is 7.24. The Morgan fingerprint density at radius 3 is 2.41 bits per heavy atom. The molecule has 0 radical (unpaired) electrons. The second kappa shape index (κ2) is 11.4. The maximum absolute atomic E-state index is 10.8. The van der Waals surface area contributed by atoms with Crippen LogP contribution in [0.1, 0.15) is 44.2 Å². The third-order valence-corrected chi connectivity index (χ3v) is 5.58. The fourth-order valence-electron chi connectivity index (χ4n) is 3.66. The topological polar surface area (TPSA) is 32.6 Å². The first-order chi connectivity index (χ1) is 13.0. The van der Waals surface area contributed by atoms with Crippen molar-refractivity contribution in [3.63, 3.8) is 0 Å². The Bertz CT molecular complexity index is 751. The van der Waals surface area contributed by atoms with Crippen molar-refractivity contribution in [1.82, 2.24) is 0 Å². The Labute approximate surface area is 181 Å². The van der Waals surface area contributed by atoms with E-state index in [9.17, 15) is 5.11 Å². The molecule has 2 aromatic rings. The van der Waals surface area contributed by atoms with E-state index in [0.29, 0.717) is 17.7 Å². The third-order valence-electron chi connectivity index (χ3n) is 5.58. The van der Waals surface area contributed by atoms with Crippen LogP contribution in [0.3, 0.4) is 0 Å². The molecular weight excluding hydrogens is 456 g/mol. The number of halogens is 2. The summed E-state index contributed by atoms with van der Waals surface area (Å²) in [5, 5.41) is 10.8. The second-order valence-corrected chi connectivity index (χ2v) is 11.0. The van der Waals surface area contributed by atoms with Gasteiger partial charge in [-0.2, -0.15) is 0 Å². The zero-order chi connectivity index (χ0) is 19.8. The van der Waals surface area contributed by atoms with Crippen LogP contribution < -0.4 is 0 Å². The molecule has 0 bridgehead atoms. The van der Waals surface area contributed by atoms with Gasteiger partial charge < -0.3 is 5.11 Å². The van der Waals surface area contributed by atoms with Crippen LogP contribution in [0.25, 0.3) is 11.1 Å². The molecular formula is C22H27Cl2NOZr. The first-order valence-electron chi connectivity index (χ1n) is 9.37. The van der Waals surface area contributed by atoms with E-state index in [1.807, 2.05) is 49.5 Å². The van der Waals surface area contributed by atoms with Crippen LogP contribution in [-0.4, -0.2) is 17.4 Å². The van der Waals surface area contributed by atoms with Gasteiger partial charge in [0.05, 0.1) is 6.04 Å². The van der Waals surface area contributed by atoms with Crippen LogP contribution >= 0.6 is 17.0 Å². The van der Waals surface area contributed by atoms with Crippen molar-refractivity contribution in [3.8, 4) is 16.9 Å². The van der Waals surface area contributed by atoms with Gasteiger partial charge in [0.25, 0.3) is 0 Å². The average molecular weight is 484 g/mol. The first kappa shape index (κ1) is 22.7. The van der Waals surface area contributed by atoms with Gasteiger partial charge in [0.15, 0.2) is 0 Å². The number of hydrogen-bond donors (Lipinski definition) is 1. The van der Waals surface area contributed by atoms with Crippen molar-refractivity contribution in [1.29, 1.82) is 0 Å². The Kier molecular flexibility index (Phi) is 9.56. The van der Waals surface area contributed by atoms with Crippen molar-refractivity contribution in [3.05, 3.63) is 53.6 Å². The predicted molar refractivity (Wildman–Crippen MR) is 114 cm³/mol. The fourth-order valence-corrected chi connectivity index (χ4v) is 3.66. The molecule has 0 aliphatic heterocycles. The van der Waals surface area contributed by atoms with Crippen molar-refractivity contribution in [2.75, 3.05) is 0 Å². The molecule has 3 atom stereocenters. The number of aromatic hydroxyl groups is 1. The van der Waals surface area contributed by atoms with Gasteiger partial charge in [0, 0.05) is 17.3 Å². The molecule has 1 aliphatic carbocycles. The van der Waals surface area contributed by atoms with E-state index in [1.54, 1.807) is 0 Å². The van der Waals surface area contributed by atoms with Crippen molar-refractivity contribution >= 4 is 23.2 Å². The molecule has 27 heavy (non-hydrogen) atoms. The first-order valence-corrected chi connectivity index (χ1v) is 15.7. The normalized spacial score (nSPS) is 22.2.